The molecular weight excluding hydrogens is 194 g/mol. The second kappa shape index (κ2) is 7.17. The van der Waals surface area contributed by atoms with Crippen molar-refractivity contribution < 1.29 is 14.9 Å². The van der Waals surface area contributed by atoms with Gasteiger partial charge >= 0.3 is 0 Å². The minimum absolute atomic E-state index is 0.0936. The summed E-state index contributed by atoms with van der Waals surface area (Å²) in [6.07, 6.45) is 1.79. The summed E-state index contributed by atoms with van der Waals surface area (Å²) >= 11 is 0. The molecule has 0 aliphatic carbocycles. The van der Waals surface area contributed by atoms with Crippen molar-refractivity contribution in [3.8, 4) is 0 Å². The van der Waals surface area contributed by atoms with Crippen molar-refractivity contribution in [3.05, 3.63) is 0 Å². The highest BCUT2D eigenvalue weighted by atomic mass is 16.5. The zero-order valence-electron chi connectivity index (χ0n) is 9.56. The van der Waals surface area contributed by atoms with E-state index in [0.29, 0.717) is 19.1 Å². The van der Waals surface area contributed by atoms with Crippen molar-refractivity contribution in [1.82, 2.24) is 4.90 Å². The average molecular weight is 217 g/mol. The van der Waals surface area contributed by atoms with Crippen LogP contribution >= 0.6 is 0 Å². The standard InChI is InChI=1S/C11H23NO3/c1-2-10-9-12(4-3-11(10)14)5-7-15-8-6-13/h10-11,13-14H,2-9H2,1H3. The smallest absolute Gasteiger partial charge is 0.0698 e. The van der Waals surface area contributed by atoms with Gasteiger partial charge in [-0.05, 0) is 18.8 Å². The number of aliphatic hydroxyl groups excluding tert-OH is 2. The third kappa shape index (κ3) is 4.47. The van der Waals surface area contributed by atoms with Gasteiger partial charge in [0.05, 0.1) is 25.9 Å². The van der Waals surface area contributed by atoms with Crippen LogP contribution in [0.3, 0.4) is 0 Å². The lowest BCUT2D eigenvalue weighted by Gasteiger charge is -2.35. The fourth-order valence-electron chi connectivity index (χ4n) is 2.06. The Bertz CT molecular complexity index is 166. The molecule has 0 amide bonds. The van der Waals surface area contributed by atoms with Crippen LogP contribution in [0.4, 0.5) is 0 Å². The van der Waals surface area contributed by atoms with Crippen molar-refractivity contribution in [3.63, 3.8) is 0 Å². The Morgan fingerprint density at radius 2 is 2.20 bits per heavy atom. The first-order chi connectivity index (χ1) is 7.27. The monoisotopic (exact) mass is 217 g/mol. The van der Waals surface area contributed by atoms with Gasteiger partial charge in [-0.25, -0.2) is 0 Å². The van der Waals surface area contributed by atoms with E-state index >= 15 is 0 Å². The SMILES string of the molecule is CCC1CN(CCOCCO)CCC1O. The minimum Gasteiger partial charge on any atom is -0.394 e. The quantitative estimate of drug-likeness (QED) is 0.619. The Morgan fingerprint density at radius 1 is 1.40 bits per heavy atom. The maximum absolute atomic E-state index is 9.71. The summed E-state index contributed by atoms with van der Waals surface area (Å²) in [5, 5.41) is 18.3. The predicted octanol–water partition coefficient (Wildman–Crippen LogP) is 0.0881. The van der Waals surface area contributed by atoms with Crippen LogP contribution in [0.5, 0.6) is 0 Å². The van der Waals surface area contributed by atoms with E-state index in [9.17, 15) is 5.11 Å². The molecule has 15 heavy (non-hydrogen) atoms. The third-order valence-electron chi connectivity index (χ3n) is 3.09. The van der Waals surface area contributed by atoms with E-state index in [1.54, 1.807) is 0 Å². The first-order valence-corrected chi connectivity index (χ1v) is 5.87. The Labute approximate surface area is 91.8 Å². The van der Waals surface area contributed by atoms with Crippen LogP contribution in [0.25, 0.3) is 0 Å². The summed E-state index contributed by atoms with van der Waals surface area (Å²) in [6, 6.07) is 0. The molecule has 2 atom stereocenters. The van der Waals surface area contributed by atoms with E-state index in [1.807, 2.05) is 0 Å². The van der Waals surface area contributed by atoms with Gasteiger partial charge in [0.1, 0.15) is 0 Å². The van der Waals surface area contributed by atoms with Crippen LogP contribution in [0.1, 0.15) is 19.8 Å². The molecule has 0 bridgehead atoms. The number of nitrogens with zero attached hydrogens (tertiary/aromatic N) is 1. The van der Waals surface area contributed by atoms with Gasteiger partial charge in [0.25, 0.3) is 0 Å². The fraction of sp³-hybridized carbons (Fsp3) is 1.00. The van der Waals surface area contributed by atoms with Gasteiger partial charge in [0.2, 0.25) is 0 Å². The van der Waals surface area contributed by atoms with Crippen LogP contribution in [-0.2, 0) is 4.74 Å². The van der Waals surface area contributed by atoms with Crippen molar-refractivity contribution in [2.75, 3.05) is 39.5 Å². The molecule has 2 N–H and O–H groups in total. The summed E-state index contributed by atoms with van der Waals surface area (Å²) in [4.78, 5) is 2.33. The van der Waals surface area contributed by atoms with Gasteiger partial charge < -0.3 is 19.8 Å². The third-order valence-corrected chi connectivity index (χ3v) is 3.09. The molecule has 1 heterocycles. The Morgan fingerprint density at radius 3 is 2.87 bits per heavy atom. The molecule has 1 fully saturated rings. The number of piperidine rings is 1. The maximum atomic E-state index is 9.71. The van der Waals surface area contributed by atoms with E-state index in [4.69, 9.17) is 9.84 Å². The van der Waals surface area contributed by atoms with Crippen LogP contribution < -0.4 is 0 Å². The number of aliphatic hydroxyl groups is 2. The van der Waals surface area contributed by atoms with Gasteiger partial charge in [-0.15, -0.1) is 0 Å². The second-order valence-electron chi connectivity index (χ2n) is 4.16. The van der Waals surface area contributed by atoms with Crippen molar-refractivity contribution in [1.29, 1.82) is 0 Å². The molecule has 0 spiro atoms. The fourth-order valence-corrected chi connectivity index (χ4v) is 2.06. The Balaban J connectivity index is 2.14. The number of hydrogen-bond donors (Lipinski definition) is 2. The largest absolute Gasteiger partial charge is 0.394 e. The highest BCUT2D eigenvalue weighted by Gasteiger charge is 2.25. The van der Waals surface area contributed by atoms with E-state index < -0.39 is 0 Å². The van der Waals surface area contributed by atoms with Gasteiger partial charge in [-0.1, -0.05) is 6.92 Å². The molecule has 0 radical (unpaired) electrons. The summed E-state index contributed by atoms with van der Waals surface area (Å²) in [5.41, 5.74) is 0. The summed E-state index contributed by atoms with van der Waals surface area (Å²) in [6.45, 7) is 6.15. The molecule has 0 aromatic rings. The number of hydrogen-bond acceptors (Lipinski definition) is 4. The van der Waals surface area contributed by atoms with Crippen LogP contribution in [-0.4, -0.2) is 60.7 Å². The number of ether oxygens (including phenoxy) is 1. The van der Waals surface area contributed by atoms with Crippen molar-refractivity contribution in [2.24, 2.45) is 5.92 Å². The molecule has 1 saturated heterocycles. The van der Waals surface area contributed by atoms with E-state index in [-0.39, 0.29) is 12.7 Å². The molecule has 4 heteroatoms. The van der Waals surface area contributed by atoms with Crippen LogP contribution in [0, 0.1) is 5.92 Å². The molecule has 1 aliphatic heterocycles. The van der Waals surface area contributed by atoms with Crippen LogP contribution in [0.15, 0.2) is 0 Å². The average Bonchev–Trinajstić information content (AvgIpc) is 2.26. The predicted molar refractivity (Wildman–Crippen MR) is 58.7 cm³/mol. The van der Waals surface area contributed by atoms with E-state index in [0.717, 1.165) is 32.5 Å². The maximum Gasteiger partial charge on any atom is 0.0698 e. The molecule has 2 unspecified atom stereocenters. The van der Waals surface area contributed by atoms with Crippen molar-refractivity contribution in [2.45, 2.75) is 25.9 Å². The summed E-state index contributed by atoms with van der Waals surface area (Å²) in [7, 11) is 0. The molecule has 1 aliphatic rings. The first-order valence-electron chi connectivity index (χ1n) is 5.87. The van der Waals surface area contributed by atoms with E-state index in [2.05, 4.69) is 11.8 Å². The molecule has 4 nitrogen and oxygen atoms in total. The van der Waals surface area contributed by atoms with Crippen LogP contribution in [0.2, 0.25) is 0 Å². The molecule has 1 rings (SSSR count). The molecule has 90 valence electrons. The number of rotatable bonds is 6. The Hall–Kier alpha value is -0.160. The molecule has 0 saturated carbocycles. The zero-order valence-corrected chi connectivity index (χ0v) is 9.56. The lowest BCUT2D eigenvalue weighted by atomic mass is 9.92. The zero-order chi connectivity index (χ0) is 11.1. The number of likely N-dealkylation sites (tertiary alicyclic amines) is 1. The summed E-state index contributed by atoms with van der Waals surface area (Å²) in [5.74, 6) is 0.414. The van der Waals surface area contributed by atoms with Gasteiger partial charge in [0.15, 0.2) is 0 Å². The molecular formula is C11H23NO3. The summed E-state index contributed by atoms with van der Waals surface area (Å²) < 4.78 is 5.23. The molecule has 0 aromatic heterocycles. The second-order valence-corrected chi connectivity index (χ2v) is 4.16. The molecule has 0 aromatic carbocycles. The first kappa shape index (κ1) is 12.9. The Kier molecular flexibility index (Phi) is 6.17. The topological polar surface area (TPSA) is 52.9 Å². The van der Waals surface area contributed by atoms with Gasteiger partial charge in [0, 0.05) is 19.6 Å². The lowest BCUT2D eigenvalue weighted by Crippen LogP contribution is -2.44. The van der Waals surface area contributed by atoms with Gasteiger partial charge in [-0.3, -0.25) is 0 Å². The van der Waals surface area contributed by atoms with E-state index in [1.165, 1.54) is 0 Å². The highest BCUT2D eigenvalue weighted by Crippen LogP contribution is 2.19. The highest BCUT2D eigenvalue weighted by molar-refractivity contribution is 4.78. The minimum atomic E-state index is -0.121. The van der Waals surface area contributed by atoms with Crippen molar-refractivity contribution >= 4 is 0 Å². The van der Waals surface area contributed by atoms with Gasteiger partial charge in [-0.2, -0.15) is 0 Å². The lowest BCUT2D eigenvalue weighted by molar-refractivity contribution is 0.00886. The normalized spacial score (nSPS) is 28.2.